The standard InChI is InChI=1S/C39H39N5O4/c45-38(43-19-18-41(26-30-8-3-1-4-9-30)27-35(43)24-29-14-16-32(17-15-29)39(46)47)36-37(31-10-5-2-6-11-31)44(28-40-36)34-13-7-12-33(25-34)42-20-22-48-23-21-42/h1-17,25,28,35H,18-24,26-27H2,(H,46,47)/t35-/m1/s1. The van der Waals surface area contributed by atoms with Crippen molar-refractivity contribution in [1.29, 1.82) is 0 Å². The molecule has 2 aliphatic rings. The van der Waals surface area contributed by atoms with Gasteiger partial charge in [-0.15, -0.1) is 0 Å². The Hall–Kier alpha value is -5.25. The highest BCUT2D eigenvalue weighted by molar-refractivity contribution is 5.99. The molecule has 244 valence electrons. The van der Waals surface area contributed by atoms with E-state index in [-0.39, 0.29) is 17.5 Å². The molecule has 2 fully saturated rings. The number of carboxylic acids is 1. The van der Waals surface area contributed by atoms with Gasteiger partial charge in [0.15, 0.2) is 5.69 Å². The number of morpholine rings is 1. The van der Waals surface area contributed by atoms with Gasteiger partial charge in [-0.05, 0) is 47.9 Å². The second kappa shape index (κ2) is 14.3. The van der Waals surface area contributed by atoms with Crippen LogP contribution in [0, 0.1) is 0 Å². The van der Waals surface area contributed by atoms with Gasteiger partial charge in [-0.2, -0.15) is 0 Å². The van der Waals surface area contributed by atoms with Crippen molar-refractivity contribution in [3.63, 3.8) is 0 Å². The second-order valence-corrected chi connectivity index (χ2v) is 12.4. The number of anilines is 1. The van der Waals surface area contributed by atoms with E-state index in [9.17, 15) is 14.7 Å². The summed E-state index contributed by atoms with van der Waals surface area (Å²) in [6, 6.07) is 35.6. The summed E-state index contributed by atoms with van der Waals surface area (Å²) in [6.45, 7) is 5.83. The van der Waals surface area contributed by atoms with Gasteiger partial charge in [0.1, 0.15) is 6.33 Å². The van der Waals surface area contributed by atoms with Gasteiger partial charge < -0.3 is 19.6 Å². The molecule has 1 amide bonds. The van der Waals surface area contributed by atoms with E-state index in [0.29, 0.717) is 38.4 Å². The topological polar surface area (TPSA) is 91.1 Å². The van der Waals surface area contributed by atoms with E-state index in [0.717, 1.165) is 54.4 Å². The van der Waals surface area contributed by atoms with Crippen LogP contribution in [0.1, 0.15) is 32.0 Å². The molecule has 4 aromatic carbocycles. The number of nitrogens with zero attached hydrogens (tertiary/aromatic N) is 5. The molecule has 1 N–H and O–H groups in total. The molecule has 5 aromatic rings. The SMILES string of the molecule is O=C(O)c1ccc(C[C@@H]2CN(Cc3ccccc3)CCN2C(=O)c2ncn(-c3cccc(N4CCOCC4)c3)c2-c2ccccc2)cc1. The molecule has 0 aliphatic carbocycles. The lowest BCUT2D eigenvalue weighted by atomic mass is 9.99. The molecule has 0 unspecified atom stereocenters. The van der Waals surface area contributed by atoms with Gasteiger partial charge in [-0.25, -0.2) is 9.78 Å². The van der Waals surface area contributed by atoms with Crippen molar-refractivity contribution in [3.05, 3.63) is 138 Å². The molecular formula is C39H39N5O4. The molecule has 48 heavy (non-hydrogen) atoms. The number of imidazole rings is 1. The van der Waals surface area contributed by atoms with Crippen LogP contribution in [0.3, 0.4) is 0 Å². The maximum atomic E-state index is 14.7. The van der Waals surface area contributed by atoms with Crippen molar-refractivity contribution < 1.29 is 19.4 Å². The molecule has 0 bridgehead atoms. The summed E-state index contributed by atoms with van der Waals surface area (Å²) in [5.41, 5.74) is 6.60. The number of piperazine rings is 1. The Morgan fingerprint density at radius 3 is 2.21 bits per heavy atom. The zero-order valence-electron chi connectivity index (χ0n) is 26.8. The van der Waals surface area contributed by atoms with E-state index in [2.05, 4.69) is 52.3 Å². The number of amides is 1. The smallest absolute Gasteiger partial charge is 0.335 e. The van der Waals surface area contributed by atoms with Gasteiger partial charge in [0, 0.05) is 62.2 Å². The highest BCUT2D eigenvalue weighted by atomic mass is 16.5. The first-order valence-electron chi connectivity index (χ1n) is 16.5. The third kappa shape index (κ3) is 6.88. The van der Waals surface area contributed by atoms with Crippen molar-refractivity contribution in [3.8, 4) is 16.9 Å². The number of aromatic carboxylic acids is 1. The molecule has 0 spiro atoms. The fourth-order valence-electron chi connectivity index (χ4n) is 6.77. The summed E-state index contributed by atoms with van der Waals surface area (Å²) >= 11 is 0. The summed E-state index contributed by atoms with van der Waals surface area (Å²) in [7, 11) is 0. The molecule has 1 atom stereocenters. The largest absolute Gasteiger partial charge is 0.478 e. The van der Waals surface area contributed by atoms with E-state index in [1.54, 1.807) is 18.5 Å². The number of aromatic nitrogens is 2. The Morgan fingerprint density at radius 2 is 1.48 bits per heavy atom. The highest BCUT2D eigenvalue weighted by Gasteiger charge is 2.34. The molecule has 9 heteroatoms. The maximum absolute atomic E-state index is 14.7. The number of benzene rings is 4. The van der Waals surface area contributed by atoms with Crippen LogP contribution < -0.4 is 4.90 Å². The molecule has 2 aliphatic heterocycles. The molecular weight excluding hydrogens is 602 g/mol. The van der Waals surface area contributed by atoms with E-state index in [4.69, 9.17) is 9.72 Å². The first-order chi connectivity index (χ1) is 23.5. The molecule has 0 saturated carbocycles. The molecule has 2 saturated heterocycles. The molecule has 9 nitrogen and oxygen atoms in total. The summed E-state index contributed by atoms with van der Waals surface area (Å²) in [4.78, 5) is 37.7. The predicted molar refractivity (Wildman–Crippen MR) is 186 cm³/mol. The quantitative estimate of drug-likeness (QED) is 0.223. The summed E-state index contributed by atoms with van der Waals surface area (Å²) in [6.07, 6.45) is 2.36. The minimum absolute atomic E-state index is 0.108. The van der Waals surface area contributed by atoms with Crippen molar-refractivity contribution in [2.75, 3.05) is 50.8 Å². The summed E-state index contributed by atoms with van der Waals surface area (Å²) < 4.78 is 7.60. The lowest BCUT2D eigenvalue weighted by molar-refractivity contribution is 0.0434. The van der Waals surface area contributed by atoms with Gasteiger partial charge in [0.05, 0.1) is 24.5 Å². The van der Waals surface area contributed by atoms with Crippen LogP contribution >= 0.6 is 0 Å². The van der Waals surface area contributed by atoms with Gasteiger partial charge in [-0.3, -0.25) is 14.3 Å². The lowest BCUT2D eigenvalue weighted by Crippen LogP contribution is -2.55. The van der Waals surface area contributed by atoms with Crippen LogP contribution in [0.2, 0.25) is 0 Å². The number of carboxylic acid groups (broad SMARTS) is 1. The van der Waals surface area contributed by atoms with Crippen LogP contribution in [-0.2, 0) is 17.7 Å². The van der Waals surface area contributed by atoms with Gasteiger partial charge >= 0.3 is 5.97 Å². The third-order valence-corrected chi connectivity index (χ3v) is 9.25. The molecule has 1 aromatic heterocycles. The van der Waals surface area contributed by atoms with E-state index in [1.807, 2.05) is 64.1 Å². The van der Waals surface area contributed by atoms with Crippen LogP contribution in [0.4, 0.5) is 5.69 Å². The normalized spacial score (nSPS) is 17.0. The van der Waals surface area contributed by atoms with Crippen molar-refractivity contribution >= 4 is 17.6 Å². The molecule has 7 rings (SSSR count). The summed E-state index contributed by atoms with van der Waals surface area (Å²) in [5.74, 6) is -1.06. The summed E-state index contributed by atoms with van der Waals surface area (Å²) in [5, 5.41) is 9.42. The Labute approximate surface area is 280 Å². The molecule has 0 radical (unpaired) electrons. The van der Waals surface area contributed by atoms with E-state index in [1.165, 1.54) is 5.56 Å². The average molecular weight is 642 g/mol. The minimum atomic E-state index is -0.954. The Bertz CT molecular complexity index is 1850. The Morgan fingerprint density at radius 1 is 0.771 bits per heavy atom. The third-order valence-electron chi connectivity index (χ3n) is 9.25. The van der Waals surface area contributed by atoms with Crippen molar-refractivity contribution in [1.82, 2.24) is 19.4 Å². The van der Waals surface area contributed by atoms with Crippen LogP contribution in [0.5, 0.6) is 0 Å². The average Bonchev–Trinajstić information content (AvgIpc) is 3.58. The zero-order chi connectivity index (χ0) is 32.9. The molecule has 3 heterocycles. The zero-order valence-corrected chi connectivity index (χ0v) is 26.8. The Balaban J connectivity index is 1.22. The first kappa shape index (κ1) is 31.4. The predicted octanol–water partition coefficient (Wildman–Crippen LogP) is 5.64. The number of hydrogen-bond acceptors (Lipinski definition) is 6. The van der Waals surface area contributed by atoms with Crippen molar-refractivity contribution in [2.24, 2.45) is 0 Å². The van der Waals surface area contributed by atoms with Gasteiger partial charge in [-0.1, -0.05) is 78.9 Å². The Kier molecular flexibility index (Phi) is 9.31. The highest BCUT2D eigenvalue weighted by Crippen LogP contribution is 2.31. The number of carbonyl (C=O) groups is 2. The lowest BCUT2D eigenvalue weighted by Gasteiger charge is -2.41. The second-order valence-electron chi connectivity index (χ2n) is 12.4. The maximum Gasteiger partial charge on any atom is 0.335 e. The van der Waals surface area contributed by atoms with Crippen LogP contribution in [0.25, 0.3) is 16.9 Å². The monoisotopic (exact) mass is 641 g/mol. The van der Waals surface area contributed by atoms with Gasteiger partial charge in [0.25, 0.3) is 5.91 Å². The number of carbonyl (C=O) groups excluding carboxylic acids is 1. The van der Waals surface area contributed by atoms with Crippen LogP contribution in [0.15, 0.2) is 116 Å². The minimum Gasteiger partial charge on any atom is -0.478 e. The number of rotatable bonds is 9. The van der Waals surface area contributed by atoms with Gasteiger partial charge in [0.2, 0.25) is 0 Å². The van der Waals surface area contributed by atoms with E-state index < -0.39 is 5.97 Å². The number of ether oxygens (including phenoxy) is 1. The first-order valence-corrected chi connectivity index (χ1v) is 16.5. The fourth-order valence-corrected chi connectivity index (χ4v) is 6.77. The fraction of sp³-hybridized carbons (Fsp3) is 0.256. The van der Waals surface area contributed by atoms with Crippen molar-refractivity contribution in [2.45, 2.75) is 19.0 Å². The van der Waals surface area contributed by atoms with Crippen LogP contribution in [-0.4, -0.2) is 88.3 Å². The number of hydrogen-bond donors (Lipinski definition) is 1. The van der Waals surface area contributed by atoms with E-state index >= 15 is 0 Å².